The number of carbonyl (C=O) groups excluding carboxylic acids is 2. The van der Waals surface area contributed by atoms with E-state index in [-0.39, 0.29) is 28.8 Å². The molecule has 0 amide bonds. The molecule has 0 heterocycles. The molecule has 3 aromatic carbocycles. The van der Waals surface area contributed by atoms with Crippen molar-refractivity contribution in [3.63, 3.8) is 0 Å². The molecule has 0 aromatic heterocycles. The second kappa shape index (κ2) is 17.5. The third-order valence-electron chi connectivity index (χ3n) is 8.50. The predicted molar refractivity (Wildman–Crippen MR) is 190 cm³/mol. The van der Waals surface area contributed by atoms with Crippen LogP contribution in [0, 0.1) is 0 Å². The SMILES string of the molecule is COC1=C(OC)C(=O)C(CCCCCCCCCCCS(=O)(=O)O[P+](c2ccccc2)(c2ccccc2)c2ccccc2)=C(C)C1=O. The lowest BCUT2D eigenvalue weighted by Crippen LogP contribution is -2.34. The molecule has 0 fully saturated rings. The summed E-state index contributed by atoms with van der Waals surface area (Å²) in [5.41, 5.74) is 0.954. The van der Waals surface area contributed by atoms with Gasteiger partial charge in [-0.05, 0) is 62.6 Å². The van der Waals surface area contributed by atoms with Crippen molar-refractivity contribution in [1.82, 2.24) is 0 Å². The van der Waals surface area contributed by atoms with Gasteiger partial charge in [0.15, 0.2) is 0 Å². The lowest BCUT2D eigenvalue weighted by molar-refractivity contribution is -0.121. The minimum absolute atomic E-state index is 0.0120. The third-order valence-corrected chi connectivity index (χ3v) is 14.2. The monoisotopic (exact) mass is 677 g/mol. The Labute approximate surface area is 280 Å². The number of unbranched alkanes of at least 4 members (excludes halogenated alkanes) is 8. The van der Waals surface area contributed by atoms with Crippen LogP contribution in [0.5, 0.6) is 0 Å². The zero-order valence-corrected chi connectivity index (χ0v) is 29.4. The van der Waals surface area contributed by atoms with E-state index in [1.165, 1.54) is 14.2 Å². The van der Waals surface area contributed by atoms with Gasteiger partial charge < -0.3 is 9.47 Å². The maximum absolute atomic E-state index is 13.6. The van der Waals surface area contributed by atoms with Gasteiger partial charge in [0, 0.05) is 11.1 Å². The number of Topliss-reactive ketones (excluding diaryl/α,β-unsaturated/α-hetero) is 2. The molecule has 0 radical (unpaired) electrons. The fourth-order valence-corrected chi connectivity index (χ4v) is 11.9. The van der Waals surface area contributed by atoms with Gasteiger partial charge in [0.25, 0.3) is 17.6 Å². The van der Waals surface area contributed by atoms with Gasteiger partial charge in [0.2, 0.25) is 23.1 Å². The van der Waals surface area contributed by atoms with Gasteiger partial charge in [-0.3, -0.25) is 9.59 Å². The van der Waals surface area contributed by atoms with Crippen LogP contribution in [0.4, 0.5) is 0 Å². The summed E-state index contributed by atoms with van der Waals surface area (Å²) in [6.07, 6.45) is 8.87. The van der Waals surface area contributed by atoms with Crippen molar-refractivity contribution >= 4 is 45.1 Å². The van der Waals surface area contributed by atoms with Crippen molar-refractivity contribution in [2.45, 2.75) is 71.1 Å². The molecule has 3 aromatic rings. The second-order valence-corrected chi connectivity index (χ2v) is 16.6. The van der Waals surface area contributed by atoms with Gasteiger partial charge in [0.1, 0.15) is 15.9 Å². The largest absolute Gasteiger partial charge is 0.489 e. The highest BCUT2D eigenvalue weighted by atomic mass is 32.2. The smallest absolute Gasteiger partial charge is 0.300 e. The Kier molecular flexibility index (Phi) is 13.5. The van der Waals surface area contributed by atoms with E-state index in [0.717, 1.165) is 67.3 Å². The zero-order chi connectivity index (χ0) is 33.7. The van der Waals surface area contributed by atoms with Gasteiger partial charge in [0.05, 0.1) is 20.0 Å². The molecule has 0 aliphatic heterocycles. The highest BCUT2D eigenvalue weighted by Crippen LogP contribution is 2.57. The van der Waals surface area contributed by atoms with Gasteiger partial charge in [-0.15, -0.1) is 0 Å². The summed E-state index contributed by atoms with van der Waals surface area (Å²) in [6, 6.07) is 29.1. The van der Waals surface area contributed by atoms with Crippen LogP contribution in [0.15, 0.2) is 114 Å². The molecule has 0 atom stereocenters. The standard InChI is InChI=1S/C38H46O7PS/c1-30-34(36(40)38(44-3)37(43-2)35(30)39)28-20-9-7-5-4-6-8-10-21-29-47(41,42)45-46(31-22-14-11-15-23-31,32-24-16-12-17-25-32)33-26-18-13-19-27-33/h11-19,22-27H,4-10,20-21,28-29H2,1-3H3/q+1. The number of hydrogen-bond donors (Lipinski definition) is 0. The summed E-state index contributed by atoms with van der Waals surface area (Å²) in [6.45, 7) is 1.67. The molecule has 9 heteroatoms. The van der Waals surface area contributed by atoms with Crippen LogP contribution < -0.4 is 15.9 Å². The van der Waals surface area contributed by atoms with Crippen LogP contribution in [0.25, 0.3) is 0 Å². The number of carbonyl (C=O) groups is 2. The highest BCUT2D eigenvalue weighted by molar-refractivity contribution is 8.01. The molecule has 0 N–H and O–H groups in total. The minimum atomic E-state index is -3.84. The van der Waals surface area contributed by atoms with Crippen LogP contribution in [-0.2, 0) is 33.2 Å². The Bertz CT molecular complexity index is 1550. The molecule has 4 rings (SSSR count). The van der Waals surface area contributed by atoms with Crippen LogP contribution in [-0.4, -0.2) is 40.0 Å². The lowest BCUT2D eigenvalue weighted by Gasteiger charge is -2.24. The molecule has 0 unspecified atom stereocenters. The van der Waals surface area contributed by atoms with Crippen LogP contribution in [0.1, 0.15) is 71.1 Å². The quantitative estimate of drug-likeness (QED) is 0.0758. The summed E-state index contributed by atoms with van der Waals surface area (Å²) >= 11 is 0. The second-order valence-electron chi connectivity index (χ2n) is 11.7. The van der Waals surface area contributed by atoms with E-state index >= 15 is 0 Å². The number of rotatable bonds is 19. The molecule has 0 bridgehead atoms. The summed E-state index contributed by atoms with van der Waals surface area (Å²) in [7, 11) is -4.02. The van der Waals surface area contributed by atoms with Crippen molar-refractivity contribution in [3.8, 4) is 0 Å². The average molecular weight is 678 g/mol. The van der Waals surface area contributed by atoms with E-state index in [2.05, 4.69) is 0 Å². The Morgan fingerprint density at radius 3 is 1.36 bits per heavy atom. The first-order chi connectivity index (χ1) is 22.7. The molecule has 7 nitrogen and oxygen atoms in total. The van der Waals surface area contributed by atoms with Crippen LogP contribution in [0.2, 0.25) is 0 Å². The van der Waals surface area contributed by atoms with E-state index in [1.54, 1.807) is 6.92 Å². The van der Waals surface area contributed by atoms with E-state index in [0.29, 0.717) is 24.0 Å². The first-order valence-corrected chi connectivity index (χ1v) is 19.6. The van der Waals surface area contributed by atoms with Gasteiger partial charge in [-0.1, -0.05) is 104 Å². The van der Waals surface area contributed by atoms with Gasteiger partial charge >= 0.3 is 0 Å². The molecule has 1 aliphatic rings. The molecular weight excluding hydrogens is 631 g/mol. The van der Waals surface area contributed by atoms with Gasteiger partial charge in [-0.2, -0.15) is 8.42 Å². The van der Waals surface area contributed by atoms with Crippen LogP contribution in [0.3, 0.4) is 0 Å². The fourth-order valence-electron chi connectivity index (χ4n) is 6.01. The van der Waals surface area contributed by atoms with E-state index in [9.17, 15) is 18.0 Å². The predicted octanol–water partition coefficient (Wildman–Crippen LogP) is 7.12. The van der Waals surface area contributed by atoms with Crippen molar-refractivity contribution in [3.05, 3.63) is 114 Å². The summed E-state index contributed by atoms with van der Waals surface area (Å²) in [5, 5.41) is 2.59. The number of benzene rings is 3. The summed E-state index contributed by atoms with van der Waals surface area (Å²) in [5.74, 6) is -0.611. The molecule has 250 valence electrons. The number of hydrogen-bond acceptors (Lipinski definition) is 7. The highest BCUT2D eigenvalue weighted by Gasteiger charge is 2.52. The first kappa shape index (κ1) is 36.3. The fraction of sp³-hybridized carbons (Fsp3) is 0.368. The van der Waals surface area contributed by atoms with E-state index in [1.807, 2.05) is 91.0 Å². The van der Waals surface area contributed by atoms with Crippen molar-refractivity contribution in [2.24, 2.45) is 0 Å². The molecule has 0 saturated heterocycles. The third kappa shape index (κ3) is 9.07. The minimum Gasteiger partial charge on any atom is -0.489 e. The lowest BCUT2D eigenvalue weighted by atomic mass is 9.89. The molecule has 0 spiro atoms. The number of ether oxygens (including phenoxy) is 2. The topological polar surface area (TPSA) is 96.0 Å². The first-order valence-electron chi connectivity index (χ1n) is 16.4. The number of ketones is 2. The van der Waals surface area contributed by atoms with Crippen LogP contribution >= 0.6 is 7.49 Å². The summed E-state index contributed by atoms with van der Waals surface area (Å²) < 4.78 is 43.8. The number of methoxy groups -OCH3 is 2. The maximum atomic E-state index is 13.6. The molecule has 1 aliphatic carbocycles. The maximum Gasteiger partial charge on any atom is 0.300 e. The number of allylic oxidation sites excluding steroid dienone is 2. The Balaban J connectivity index is 1.23. The zero-order valence-electron chi connectivity index (χ0n) is 27.7. The molecular formula is C38H46O7PS+. The average Bonchev–Trinajstić information content (AvgIpc) is 3.10. The van der Waals surface area contributed by atoms with Crippen molar-refractivity contribution in [2.75, 3.05) is 20.0 Å². The van der Waals surface area contributed by atoms with Gasteiger partial charge in [-0.25, -0.2) is 0 Å². The summed E-state index contributed by atoms with van der Waals surface area (Å²) in [4.78, 5) is 25.3. The van der Waals surface area contributed by atoms with Crippen molar-refractivity contribution in [1.29, 1.82) is 0 Å². The van der Waals surface area contributed by atoms with E-state index in [4.69, 9.17) is 13.4 Å². The Morgan fingerprint density at radius 2 is 0.936 bits per heavy atom. The van der Waals surface area contributed by atoms with Crippen molar-refractivity contribution < 1.29 is 31.5 Å². The Hall–Kier alpha value is -3.58. The normalized spacial score (nSPS) is 14.1. The van der Waals surface area contributed by atoms with E-state index < -0.39 is 17.6 Å². The molecule has 0 saturated carbocycles. The Morgan fingerprint density at radius 1 is 0.553 bits per heavy atom. The molecule has 47 heavy (non-hydrogen) atoms.